The summed E-state index contributed by atoms with van der Waals surface area (Å²) in [6, 6.07) is 0. The second-order valence-electron chi connectivity index (χ2n) is 5.35. The highest BCUT2D eigenvalue weighted by molar-refractivity contribution is 5.87. The van der Waals surface area contributed by atoms with E-state index in [0.717, 1.165) is 12.8 Å². The lowest BCUT2D eigenvalue weighted by atomic mass is 10.0. The molecule has 0 unspecified atom stereocenters. The van der Waals surface area contributed by atoms with Gasteiger partial charge in [-0.05, 0) is 19.4 Å². The fourth-order valence-electron chi connectivity index (χ4n) is 2.47. The summed E-state index contributed by atoms with van der Waals surface area (Å²) < 4.78 is 16.2. The topological polar surface area (TPSA) is 44.8 Å². The molecule has 20 heavy (non-hydrogen) atoms. The van der Waals surface area contributed by atoms with Crippen LogP contribution in [-0.2, 0) is 19.0 Å². The molecule has 0 atom stereocenters. The van der Waals surface area contributed by atoms with Crippen LogP contribution in [0.25, 0.3) is 0 Å². The van der Waals surface area contributed by atoms with Crippen LogP contribution in [0.5, 0.6) is 0 Å². The molecule has 0 aromatic heterocycles. The van der Waals surface area contributed by atoms with Gasteiger partial charge in [-0.2, -0.15) is 0 Å². The SMILES string of the molecule is CCCCCCCCC1(/C=C(\C)C(=O)OC)OCCO1. The quantitative estimate of drug-likeness (QED) is 0.369. The number of unbranched alkanes of at least 4 members (excludes halogenated alkanes) is 5. The molecule has 0 bridgehead atoms. The van der Waals surface area contributed by atoms with Gasteiger partial charge in [-0.1, -0.05) is 39.0 Å². The van der Waals surface area contributed by atoms with Gasteiger partial charge in [-0.15, -0.1) is 0 Å². The Bertz CT molecular complexity index is 316. The Hall–Kier alpha value is -0.870. The van der Waals surface area contributed by atoms with E-state index in [9.17, 15) is 4.79 Å². The van der Waals surface area contributed by atoms with Crippen molar-refractivity contribution in [3.8, 4) is 0 Å². The van der Waals surface area contributed by atoms with Gasteiger partial charge in [0.15, 0.2) is 5.79 Å². The lowest BCUT2D eigenvalue weighted by molar-refractivity contribution is -0.138. The normalized spacial score (nSPS) is 18.2. The van der Waals surface area contributed by atoms with E-state index in [1.54, 1.807) is 13.0 Å². The van der Waals surface area contributed by atoms with Crippen molar-refractivity contribution < 1.29 is 19.0 Å². The second kappa shape index (κ2) is 9.14. The van der Waals surface area contributed by atoms with E-state index in [1.165, 1.54) is 39.2 Å². The summed E-state index contributed by atoms with van der Waals surface area (Å²) in [7, 11) is 1.39. The maximum absolute atomic E-state index is 11.5. The Morgan fingerprint density at radius 1 is 1.15 bits per heavy atom. The van der Waals surface area contributed by atoms with Gasteiger partial charge in [0.25, 0.3) is 0 Å². The fourth-order valence-corrected chi connectivity index (χ4v) is 2.47. The van der Waals surface area contributed by atoms with Crippen molar-refractivity contribution in [1.82, 2.24) is 0 Å². The average Bonchev–Trinajstić information content (AvgIpc) is 2.90. The van der Waals surface area contributed by atoms with Crippen LogP contribution in [0, 0.1) is 0 Å². The van der Waals surface area contributed by atoms with Gasteiger partial charge >= 0.3 is 5.97 Å². The van der Waals surface area contributed by atoms with Crippen LogP contribution in [0.3, 0.4) is 0 Å². The summed E-state index contributed by atoms with van der Waals surface area (Å²) >= 11 is 0. The Kier molecular flexibility index (Phi) is 7.85. The highest BCUT2D eigenvalue weighted by Crippen LogP contribution is 2.29. The molecule has 1 heterocycles. The first-order valence-corrected chi connectivity index (χ1v) is 7.69. The minimum absolute atomic E-state index is 0.327. The highest BCUT2D eigenvalue weighted by atomic mass is 16.7. The van der Waals surface area contributed by atoms with E-state index in [2.05, 4.69) is 6.92 Å². The van der Waals surface area contributed by atoms with Crippen molar-refractivity contribution in [3.05, 3.63) is 11.6 Å². The largest absolute Gasteiger partial charge is 0.466 e. The Morgan fingerprint density at radius 3 is 2.35 bits per heavy atom. The molecule has 1 saturated heterocycles. The van der Waals surface area contributed by atoms with Gasteiger partial charge < -0.3 is 14.2 Å². The molecule has 0 aromatic carbocycles. The molecule has 1 rings (SSSR count). The van der Waals surface area contributed by atoms with E-state index in [4.69, 9.17) is 14.2 Å². The number of carbonyl (C=O) groups is 1. The van der Waals surface area contributed by atoms with Gasteiger partial charge in [0, 0.05) is 12.0 Å². The molecule has 4 nitrogen and oxygen atoms in total. The lowest BCUT2D eigenvalue weighted by Crippen LogP contribution is -2.28. The maximum atomic E-state index is 11.5. The molecule has 0 N–H and O–H groups in total. The number of esters is 1. The molecular formula is C16H28O4. The van der Waals surface area contributed by atoms with Crippen molar-refractivity contribution in [2.75, 3.05) is 20.3 Å². The molecule has 1 aliphatic rings. The molecule has 0 aliphatic carbocycles. The first kappa shape index (κ1) is 17.2. The third kappa shape index (κ3) is 5.63. The van der Waals surface area contributed by atoms with Gasteiger partial charge in [-0.3, -0.25) is 0 Å². The molecule has 0 radical (unpaired) electrons. The number of methoxy groups -OCH3 is 1. The minimum atomic E-state index is -0.719. The first-order chi connectivity index (χ1) is 9.63. The smallest absolute Gasteiger partial charge is 0.333 e. The van der Waals surface area contributed by atoms with Crippen molar-refractivity contribution in [3.63, 3.8) is 0 Å². The Labute approximate surface area is 122 Å². The van der Waals surface area contributed by atoms with Gasteiger partial charge in [0.05, 0.1) is 20.3 Å². The van der Waals surface area contributed by atoms with Crippen LogP contribution in [-0.4, -0.2) is 32.1 Å². The van der Waals surface area contributed by atoms with Crippen LogP contribution in [0.15, 0.2) is 11.6 Å². The molecule has 0 saturated carbocycles. The van der Waals surface area contributed by atoms with Crippen molar-refractivity contribution >= 4 is 5.97 Å². The number of ether oxygens (including phenoxy) is 3. The number of hydrogen-bond donors (Lipinski definition) is 0. The Balaban J connectivity index is 2.44. The number of hydrogen-bond acceptors (Lipinski definition) is 4. The van der Waals surface area contributed by atoms with Crippen LogP contribution in [0.2, 0.25) is 0 Å². The van der Waals surface area contributed by atoms with E-state index in [1.807, 2.05) is 0 Å². The van der Waals surface area contributed by atoms with Crippen LogP contribution >= 0.6 is 0 Å². The highest BCUT2D eigenvalue weighted by Gasteiger charge is 2.34. The van der Waals surface area contributed by atoms with Gasteiger partial charge in [-0.25, -0.2) is 4.79 Å². The van der Waals surface area contributed by atoms with Gasteiger partial charge in [0.2, 0.25) is 0 Å². The predicted octanol–water partition coefficient (Wildman–Crippen LogP) is 3.60. The predicted molar refractivity (Wildman–Crippen MR) is 78.4 cm³/mol. The summed E-state index contributed by atoms with van der Waals surface area (Å²) in [5.74, 6) is -1.05. The van der Waals surface area contributed by atoms with E-state index < -0.39 is 5.79 Å². The number of carbonyl (C=O) groups excluding carboxylic acids is 1. The average molecular weight is 284 g/mol. The summed E-state index contributed by atoms with van der Waals surface area (Å²) in [6.07, 6.45) is 9.92. The van der Waals surface area contributed by atoms with Crippen molar-refractivity contribution in [2.24, 2.45) is 0 Å². The zero-order valence-corrected chi connectivity index (χ0v) is 13.1. The summed E-state index contributed by atoms with van der Waals surface area (Å²) in [6.45, 7) is 5.12. The lowest BCUT2D eigenvalue weighted by Gasteiger charge is -2.24. The molecule has 0 amide bonds. The molecule has 116 valence electrons. The maximum Gasteiger partial charge on any atom is 0.333 e. The Morgan fingerprint density at radius 2 is 1.75 bits per heavy atom. The van der Waals surface area contributed by atoms with Crippen molar-refractivity contribution in [2.45, 2.75) is 64.6 Å². The van der Waals surface area contributed by atoms with Gasteiger partial charge in [0.1, 0.15) is 0 Å². The monoisotopic (exact) mass is 284 g/mol. The molecule has 4 heteroatoms. The summed E-state index contributed by atoms with van der Waals surface area (Å²) in [4.78, 5) is 11.5. The fraction of sp³-hybridized carbons (Fsp3) is 0.812. The third-order valence-corrected chi connectivity index (χ3v) is 3.60. The second-order valence-corrected chi connectivity index (χ2v) is 5.35. The molecular weight excluding hydrogens is 256 g/mol. The summed E-state index contributed by atoms with van der Waals surface area (Å²) in [5, 5.41) is 0. The summed E-state index contributed by atoms with van der Waals surface area (Å²) in [5.41, 5.74) is 0.542. The zero-order valence-electron chi connectivity index (χ0n) is 13.1. The molecule has 0 spiro atoms. The standard InChI is InChI=1S/C16H28O4/c1-4-5-6-7-8-9-10-16(19-11-12-20-16)13-14(2)15(17)18-3/h13H,4-12H2,1-3H3/b14-13+. The molecule has 0 aromatic rings. The first-order valence-electron chi connectivity index (χ1n) is 7.69. The molecule has 1 fully saturated rings. The van der Waals surface area contributed by atoms with Crippen molar-refractivity contribution in [1.29, 1.82) is 0 Å². The van der Waals surface area contributed by atoms with Crippen LogP contribution < -0.4 is 0 Å². The third-order valence-electron chi connectivity index (χ3n) is 3.60. The van der Waals surface area contributed by atoms with Crippen LogP contribution in [0.4, 0.5) is 0 Å². The zero-order chi connectivity index (χ0) is 14.8. The van der Waals surface area contributed by atoms with Crippen LogP contribution in [0.1, 0.15) is 58.8 Å². The minimum Gasteiger partial charge on any atom is -0.466 e. The molecule has 1 aliphatic heterocycles. The van der Waals surface area contributed by atoms with E-state index >= 15 is 0 Å². The van der Waals surface area contributed by atoms with E-state index in [-0.39, 0.29) is 5.97 Å². The van der Waals surface area contributed by atoms with E-state index in [0.29, 0.717) is 18.8 Å². The number of rotatable bonds is 9.